The summed E-state index contributed by atoms with van der Waals surface area (Å²) in [5.74, 6) is -3.00. The van der Waals surface area contributed by atoms with Crippen LogP contribution in [0.15, 0.2) is 30.3 Å². The molecule has 1 heterocycles. The number of hydrogen-bond donors (Lipinski definition) is 2. The van der Waals surface area contributed by atoms with E-state index in [2.05, 4.69) is 4.98 Å². The third kappa shape index (κ3) is 3.68. The van der Waals surface area contributed by atoms with E-state index in [1.807, 2.05) is 0 Å². The minimum atomic E-state index is -1.17. The van der Waals surface area contributed by atoms with Gasteiger partial charge >= 0.3 is 5.97 Å². The van der Waals surface area contributed by atoms with Crippen molar-refractivity contribution in [1.82, 2.24) is 4.98 Å². The molecule has 0 bridgehead atoms. The molecule has 2 rings (SSSR count). The average Bonchev–Trinajstić information content (AvgIpc) is 2.52. The number of rotatable bonds is 5. The number of nitriles is 1. The van der Waals surface area contributed by atoms with E-state index in [0.717, 1.165) is 0 Å². The molecule has 0 fully saturated rings. The fourth-order valence-corrected chi connectivity index (χ4v) is 1.95. The maximum atomic E-state index is 13.3. The number of pyridine rings is 1. The zero-order chi connectivity index (χ0) is 17.0. The van der Waals surface area contributed by atoms with Crippen LogP contribution in [0, 0.1) is 17.1 Å². The molecule has 0 saturated carbocycles. The smallest absolute Gasteiger partial charge is 0.303 e. The standard InChI is InChI=1S/C16H11FN2O4/c17-11-3-1-2-9(6-11)12-7-10(8-18)16(23)15(19-12)13(20)4-5-14(21)22/h1-3,6-7,23H,4-5H2,(H,21,22). The van der Waals surface area contributed by atoms with E-state index in [1.165, 1.54) is 30.3 Å². The molecule has 6 nitrogen and oxygen atoms in total. The van der Waals surface area contributed by atoms with Gasteiger partial charge in [-0.3, -0.25) is 9.59 Å². The van der Waals surface area contributed by atoms with Crippen LogP contribution in [-0.2, 0) is 4.79 Å². The van der Waals surface area contributed by atoms with Crippen molar-refractivity contribution in [3.8, 4) is 23.1 Å². The Kier molecular flexibility index (Phi) is 4.66. The number of aromatic nitrogens is 1. The van der Waals surface area contributed by atoms with E-state index in [4.69, 9.17) is 10.4 Å². The van der Waals surface area contributed by atoms with Gasteiger partial charge in [0.25, 0.3) is 0 Å². The summed E-state index contributed by atoms with van der Waals surface area (Å²) in [6.45, 7) is 0. The normalized spacial score (nSPS) is 10.1. The number of nitrogens with zero attached hydrogens (tertiary/aromatic N) is 2. The van der Waals surface area contributed by atoms with Crippen molar-refractivity contribution in [2.24, 2.45) is 0 Å². The first kappa shape index (κ1) is 16.1. The van der Waals surface area contributed by atoms with E-state index in [0.29, 0.717) is 5.56 Å². The number of ketones is 1. The highest BCUT2D eigenvalue weighted by Crippen LogP contribution is 2.28. The maximum Gasteiger partial charge on any atom is 0.303 e. The van der Waals surface area contributed by atoms with Gasteiger partial charge in [-0.05, 0) is 18.2 Å². The number of carbonyl (C=O) groups excluding carboxylic acids is 1. The van der Waals surface area contributed by atoms with E-state index in [-0.39, 0.29) is 17.7 Å². The lowest BCUT2D eigenvalue weighted by molar-refractivity contribution is -0.136. The van der Waals surface area contributed by atoms with Crippen LogP contribution in [0.25, 0.3) is 11.3 Å². The Morgan fingerprint density at radius 3 is 2.61 bits per heavy atom. The SMILES string of the molecule is N#Cc1cc(-c2cccc(F)c2)nc(C(=O)CCC(=O)O)c1O. The second kappa shape index (κ2) is 6.66. The molecule has 2 aromatic rings. The Hall–Kier alpha value is -3.27. The molecule has 0 aliphatic rings. The first-order chi connectivity index (χ1) is 10.9. The molecule has 2 N–H and O–H groups in total. The highest BCUT2D eigenvalue weighted by molar-refractivity contribution is 5.99. The average molecular weight is 314 g/mol. The number of aromatic hydroxyl groups is 1. The van der Waals surface area contributed by atoms with Gasteiger partial charge in [0, 0.05) is 12.0 Å². The van der Waals surface area contributed by atoms with Gasteiger partial charge in [-0.2, -0.15) is 5.26 Å². The molecule has 116 valence electrons. The zero-order valence-corrected chi connectivity index (χ0v) is 11.8. The first-order valence-corrected chi connectivity index (χ1v) is 6.57. The zero-order valence-electron chi connectivity index (χ0n) is 11.8. The van der Waals surface area contributed by atoms with Gasteiger partial charge in [-0.15, -0.1) is 0 Å². The Morgan fingerprint density at radius 2 is 2.00 bits per heavy atom. The molecule has 0 atom stereocenters. The van der Waals surface area contributed by atoms with Crippen LogP contribution in [-0.4, -0.2) is 26.9 Å². The first-order valence-electron chi connectivity index (χ1n) is 6.57. The predicted molar refractivity (Wildman–Crippen MR) is 77.2 cm³/mol. The van der Waals surface area contributed by atoms with E-state index >= 15 is 0 Å². The minimum Gasteiger partial charge on any atom is -0.504 e. The van der Waals surface area contributed by atoms with Crippen LogP contribution in [0.4, 0.5) is 4.39 Å². The highest BCUT2D eigenvalue weighted by atomic mass is 19.1. The van der Waals surface area contributed by atoms with Gasteiger partial charge in [0.05, 0.1) is 17.7 Å². The molecule has 0 aliphatic heterocycles. The summed E-state index contributed by atoms with van der Waals surface area (Å²) < 4.78 is 13.3. The molecule has 0 amide bonds. The molecule has 7 heteroatoms. The minimum absolute atomic E-state index is 0.137. The second-order valence-corrected chi connectivity index (χ2v) is 4.69. The summed E-state index contributed by atoms with van der Waals surface area (Å²) in [6, 6.07) is 8.34. The lowest BCUT2D eigenvalue weighted by Gasteiger charge is -2.08. The number of carboxylic acids is 1. The fourth-order valence-electron chi connectivity index (χ4n) is 1.95. The van der Waals surface area contributed by atoms with Crippen molar-refractivity contribution >= 4 is 11.8 Å². The van der Waals surface area contributed by atoms with Gasteiger partial charge in [-0.25, -0.2) is 9.37 Å². The summed E-state index contributed by atoms with van der Waals surface area (Å²) in [6.07, 6.45) is -0.792. The van der Waals surface area contributed by atoms with Crippen molar-refractivity contribution in [2.45, 2.75) is 12.8 Å². The summed E-state index contributed by atoms with van der Waals surface area (Å²) in [5.41, 5.74) is -0.131. The van der Waals surface area contributed by atoms with E-state index < -0.39 is 35.4 Å². The molecule has 1 aromatic carbocycles. The van der Waals surface area contributed by atoms with Gasteiger partial charge in [0.2, 0.25) is 0 Å². The number of carbonyl (C=O) groups is 2. The van der Waals surface area contributed by atoms with Crippen LogP contribution >= 0.6 is 0 Å². The summed E-state index contributed by atoms with van der Waals surface area (Å²) >= 11 is 0. The number of Topliss-reactive ketones (excluding diaryl/α,β-unsaturated/α-hetero) is 1. The topological polar surface area (TPSA) is 111 Å². The monoisotopic (exact) mass is 314 g/mol. The van der Waals surface area contributed by atoms with Crippen molar-refractivity contribution in [3.63, 3.8) is 0 Å². The summed E-state index contributed by atoms with van der Waals surface area (Å²) in [5, 5.41) is 27.6. The molecule has 0 saturated heterocycles. The molecule has 0 spiro atoms. The van der Waals surface area contributed by atoms with Crippen LogP contribution < -0.4 is 0 Å². The number of halogens is 1. The number of hydrogen-bond acceptors (Lipinski definition) is 5. The number of carboxylic acid groups (broad SMARTS) is 1. The lowest BCUT2D eigenvalue weighted by atomic mass is 10.0. The molecule has 0 unspecified atom stereocenters. The summed E-state index contributed by atoms with van der Waals surface area (Å²) in [7, 11) is 0. The Labute approximate surface area is 130 Å². The molecule has 23 heavy (non-hydrogen) atoms. The summed E-state index contributed by atoms with van der Waals surface area (Å²) in [4.78, 5) is 26.5. The van der Waals surface area contributed by atoms with E-state index in [1.54, 1.807) is 6.07 Å². The van der Waals surface area contributed by atoms with Crippen molar-refractivity contribution in [3.05, 3.63) is 47.4 Å². The molecular weight excluding hydrogens is 303 g/mol. The fraction of sp³-hybridized carbons (Fsp3) is 0.125. The number of aliphatic carboxylic acids is 1. The van der Waals surface area contributed by atoms with Crippen LogP contribution in [0.2, 0.25) is 0 Å². The third-order valence-electron chi connectivity index (χ3n) is 3.06. The number of benzene rings is 1. The highest BCUT2D eigenvalue weighted by Gasteiger charge is 2.19. The van der Waals surface area contributed by atoms with Crippen LogP contribution in [0.5, 0.6) is 5.75 Å². The molecule has 0 radical (unpaired) electrons. The molecular formula is C16H11FN2O4. The van der Waals surface area contributed by atoms with Gasteiger partial charge < -0.3 is 10.2 Å². The Morgan fingerprint density at radius 1 is 1.26 bits per heavy atom. The Bertz CT molecular complexity index is 827. The van der Waals surface area contributed by atoms with Gasteiger partial charge in [0.1, 0.15) is 17.6 Å². The van der Waals surface area contributed by atoms with Crippen molar-refractivity contribution in [2.75, 3.05) is 0 Å². The molecule has 0 aliphatic carbocycles. The van der Waals surface area contributed by atoms with Gasteiger partial charge in [-0.1, -0.05) is 12.1 Å². The van der Waals surface area contributed by atoms with Gasteiger partial charge in [0.15, 0.2) is 11.5 Å². The lowest BCUT2D eigenvalue weighted by Crippen LogP contribution is -2.08. The van der Waals surface area contributed by atoms with Crippen molar-refractivity contribution < 1.29 is 24.2 Å². The van der Waals surface area contributed by atoms with Crippen LogP contribution in [0.3, 0.4) is 0 Å². The van der Waals surface area contributed by atoms with Crippen LogP contribution in [0.1, 0.15) is 28.9 Å². The predicted octanol–water partition coefficient (Wildman–Crippen LogP) is 2.51. The molecule has 1 aromatic heterocycles. The largest absolute Gasteiger partial charge is 0.504 e. The van der Waals surface area contributed by atoms with E-state index in [9.17, 15) is 19.1 Å². The quantitative estimate of drug-likeness (QED) is 0.820. The van der Waals surface area contributed by atoms with Crippen molar-refractivity contribution in [1.29, 1.82) is 5.26 Å². The second-order valence-electron chi connectivity index (χ2n) is 4.69. The Balaban J connectivity index is 2.50. The third-order valence-corrected chi connectivity index (χ3v) is 3.06. The maximum absolute atomic E-state index is 13.3.